The minimum absolute atomic E-state index is 0. The Labute approximate surface area is 105 Å². The van der Waals surface area contributed by atoms with E-state index >= 15 is 0 Å². The lowest BCUT2D eigenvalue weighted by Gasteiger charge is -2.15. The van der Waals surface area contributed by atoms with Crippen LogP contribution in [0.3, 0.4) is 0 Å². The molecule has 1 rings (SSSR count). The van der Waals surface area contributed by atoms with Crippen LogP contribution in [-0.4, -0.2) is 11.3 Å². The molecule has 92 valence electrons. The van der Waals surface area contributed by atoms with Crippen molar-refractivity contribution in [2.75, 3.05) is 0 Å². The smallest absolute Gasteiger partial charge is 0.390 e. The fourth-order valence-corrected chi connectivity index (χ4v) is 1.56. The summed E-state index contributed by atoms with van der Waals surface area (Å²) in [5.41, 5.74) is 5.43. The standard InChI is InChI=1S/C9H9BrF3NO.ClH/c10-5-1-2-8(15)6(3-5)7(14)4-9(11,12)13;/h1-3,7,15H,4,14H2;1H/t7-;/m1./s1. The molecule has 0 radical (unpaired) electrons. The van der Waals surface area contributed by atoms with Crippen molar-refractivity contribution in [1.29, 1.82) is 0 Å². The molecule has 1 aromatic carbocycles. The van der Waals surface area contributed by atoms with Crippen LogP contribution in [0, 0.1) is 0 Å². The first kappa shape index (κ1) is 15.5. The van der Waals surface area contributed by atoms with Gasteiger partial charge in [0.1, 0.15) is 5.75 Å². The van der Waals surface area contributed by atoms with Gasteiger partial charge in [-0.05, 0) is 18.2 Å². The molecule has 0 amide bonds. The highest BCUT2D eigenvalue weighted by Gasteiger charge is 2.31. The summed E-state index contributed by atoms with van der Waals surface area (Å²) in [7, 11) is 0. The minimum Gasteiger partial charge on any atom is -0.508 e. The molecule has 0 saturated carbocycles. The van der Waals surface area contributed by atoms with Gasteiger partial charge in [-0.1, -0.05) is 15.9 Å². The van der Waals surface area contributed by atoms with E-state index in [-0.39, 0.29) is 23.7 Å². The third-order valence-corrected chi connectivity index (χ3v) is 2.33. The second-order valence-electron chi connectivity index (χ2n) is 3.13. The zero-order chi connectivity index (χ0) is 11.6. The van der Waals surface area contributed by atoms with E-state index < -0.39 is 18.6 Å². The second-order valence-corrected chi connectivity index (χ2v) is 4.04. The van der Waals surface area contributed by atoms with Gasteiger partial charge < -0.3 is 10.8 Å². The van der Waals surface area contributed by atoms with Crippen molar-refractivity contribution in [2.24, 2.45) is 5.73 Å². The lowest BCUT2D eigenvalue weighted by molar-refractivity contribution is -0.138. The maximum Gasteiger partial charge on any atom is 0.390 e. The summed E-state index contributed by atoms with van der Waals surface area (Å²) in [6.45, 7) is 0. The van der Waals surface area contributed by atoms with Gasteiger partial charge in [0.05, 0.1) is 6.42 Å². The van der Waals surface area contributed by atoms with E-state index in [1.807, 2.05) is 0 Å². The molecule has 0 aliphatic rings. The van der Waals surface area contributed by atoms with Crippen LogP contribution >= 0.6 is 28.3 Å². The number of halogens is 5. The Morgan fingerprint density at radius 3 is 2.44 bits per heavy atom. The van der Waals surface area contributed by atoms with Gasteiger partial charge in [0.25, 0.3) is 0 Å². The monoisotopic (exact) mass is 319 g/mol. The summed E-state index contributed by atoms with van der Waals surface area (Å²) in [5, 5.41) is 9.33. The van der Waals surface area contributed by atoms with Crippen molar-refractivity contribution in [3.05, 3.63) is 28.2 Å². The van der Waals surface area contributed by atoms with Crippen molar-refractivity contribution in [2.45, 2.75) is 18.6 Å². The van der Waals surface area contributed by atoms with E-state index in [1.54, 1.807) is 0 Å². The van der Waals surface area contributed by atoms with Crippen LogP contribution in [0.4, 0.5) is 13.2 Å². The number of hydrogen-bond acceptors (Lipinski definition) is 2. The number of phenolic OH excluding ortho intramolecular Hbond substituents is 1. The number of rotatable bonds is 2. The zero-order valence-electron chi connectivity index (χ0n) is 7.96. The van der Waals surface area contributed by atoms with Gasteiger partial charge >= 0.3 is 6.18 Å². The Morgan fingerprint density at radius 2 is 1.94 bits per heavy atom. The summed E-state index contributed by atoms with van der Waals surface area (Å²) in [6, 6.07) is 2.96. The van der Waals surface area contributed by atoms with E-state index in [9.17, 15) is 18.3 Å². The fourth-order valence-electron chi connectivity index (χ4n) is 1.18. The summed E-state index contributed by atoms with van der Waals surface area (Å²) < 4.78 is 36.7. The van der Waals surface area contributed by atoms with Crippen LogP contribution in [0.2, 0.25) is 0 Å². The third-order valence-electron chi connectivity index (χ3n) is 1.84. The molecule has 0 spiro atoms. The number of alkyl halides is 3. The highest BCUT2D eigenvalue weighted by atomic mass is 79.9. The second kappa shape index (κ2) is 5.75. The molecule has 0 bridgehead atoms. The van der Waals surface area contributed by atoms with E-state index in [2.05, 4.69) is 15.9 Å². The average molecular weight is 321 g/mol. The van der Waals surface area contributed by atoms with Gasteiger partial charge in [0.2, 0.25) is 0 Å². The molecule has 1 aromatic rings. The molecule has 0 unspecified atom stereocenters. The molecular formula is C9H10BrClF3NO. The number of phenols is 1. The van der Waals surface area contributed by atoms with Crippen LogP contribution in [0.25, 0.3) is 0 Å². The summed E-state index contributed by atoms with van der Waals surface area (Å²) >= 11 is 3.10. The van der Waals surface area contributed by atoms with Gasteiger partial charge in [-0.15, -0.1) is 12.4 Å². The van der Waals surface area contributed by atoms with E-state index in [4.69, 9.17) is 5.73 Å². The Kier molecular flexibility index (Phi) is 5.58. The first-order valence-corrected chi connectivity index (χ1v) is 4.89. The Morgan fingerprint density at radius 1 is 1.38 bits per heavy atom. The van der Waals surface area contributed by atoms with Gasteiger partial charge in [-0.25, -0.2) is 0 Å². The molecule has 0 saturated heterocycles. The van der Waals surface area contributed by atoms with Crippen LogP contribution in [0.1, 0.15) is 18.0 Å². The highest BCUT2D eigenvalue weighted by molar-refractivity contribution is 9.10. The van der Waals surface area contributed by atoms with Crippen molar-refractivity contribution < 1.29 is 18.3 Å². The highest BCUT2D eigenvalue weighted by Crippen LogP contribution is 2.33. The lowest BCUT2D eigenvalue weighted by Crippen LogP contribution is -2.20. The Bertz CT molecular complexity index is 359. The van der Waals surface area contributed by atoms with Crippen LogP contribution in [0.5, 0.6) is 5.75 Å². The molecule has 0 fully saturated rings. The molecular weight excluding hydrogens is 310 g/mol. The first-order chi connectivity index (χ1) is 6.79. The SMILES string of the molecule is Cl.N[C@H](CC(F)(F)F)c1cc(Br)ccc1O. The van der Waals surface area contributed by atoms with Gasteiger partial charge in [0.15, 0.2) is 0 Å². The van der Waals surface area contributed by atoms with Crippen molar-refractivity contribution in [1.82, 2.24) is 0 Å². The van der Waals surface area contributed by atoms with Crippen molar-refractivity contribution in [3.8, 4) is 5.75 Å². The Balaban J connectivity index is 0.00000225. The molecule has 2 nitrogen and oxygen atoms in total. The van der Waals surface area contributed by atoms with Crippen LogP contribution < -0.4 is 5.73 Å². The lowest BCUT2D eigenvalue weighted by atomic mass is 10.0. The maximum atomic E-state index is 12.1. The molecule has 0 aromatic heterocycles. The zero-order valence-corrected chi connectivity index (χ0v) is 10.4. The average Bonchev–Trinajstić information content (AvgIpc) is 2.06. The van der Waals surface area contributed by atoms with E-state index in [0.29, 0.717) is 4.47 Å². The van der Waals surface area contributed by atoms with Crippen molar-refractivity contribution >= 4 is 28.3 Å². The van der Waals surface area contributed by atoms with Gasteiger partial charge in [-0.2, -0.15) is 13.2 Å². The molecule has 7 heteroatoms. The molecule has 0 aliphatic heterocycles. The Hall–Kier alpha value is -0.460. The first-order valence-electron chi connectivity index (χ1n) is 4.10. The topological polar surface area (TPSA) is 46.2 Å². The predicted molar refractivity (Wildman–Crippen MR) is 60.7 cm³/mol. The van der Waals surface area contributed by atoms with E-state index in [1.165, 1.54) is 18.2 Å². The quantitative estimate of drug-likeness (QED) is 0.875. The van der Waals surface area contributed by atoms with Gasteiger partial charge in [-0.3, -0.25) is 0 Å². The van der Waals surface area contributed by atoms with Crippen molar-refractivity contribution in [3.63, 3.8) is 0 Å². The molecule has 16 heavy (non-hydrogen) atoms. The number of nitrogens with two attached hydrogens (primary N) is 1. The number of benzene rings is 1. The molecule has 1 atom stereocenters. The minimum atomic E-state index is -4.34. The maximum absolute atomic E-state index is 12.1. The number of aromatic hydroxyl groups is 1. The molecule has 3 N–H and O–H groups in total. The predicted octanol–water partition coefficient (Wildman–Crippen LogP) is 3.53. The van der Waals surface area contributed by atoms with Crippen LogP contribution in [0.15, 0.2) is 22.7 Å². The summed E-state index contributed by atoms with van der Waals surface area (Å²) in [5.74, 6) is -0.227. The fraction of sp³-hybridized carbons (Fsp3) is 0.333. The normalized spacial score (nSPS) is 13.1. The van der Waals surface area contributed by atoms with E-state index in [0.717, 1.165) is 0 Å². The summed E-state index contributed by atoms with van der Waals surface area (Å²) in [4.78, 5) is 0. The summed E-state index contributed by atoms with van der Waals surface area (Å²) in [6.07, 6.45) is -5.49. The third kappa shape index (κ3) is 4.59. The number of hydrogen-bond donors (Lipinski definition) is 2. The van der Waals surface area contributed by atoms with Gasteiger partial charge in [0, 0.05) is 16.1 Å². The molecule has 0 heterocycles. The molecule has 0 aliphatic carbocycles. The van der Waals surface area contributed by atoms with Crippen LogP contribution in [-0.2, 0) is 0 Å². The largest absolute Gasteiger partial charge is 0.508 e.